The third kappa shape index (κ3) is 7.10. The van der Waals surface area contributed by atoms with Gasteiger partial charge in [-0.05, 0) is 37.0 Å². The number of hydrogen-bond donors (Lipinski definition) is 2. The highest BCUT2D eigenvalue weighted by atomic mass is 32.1. The number of amides is 1. The lowest BCUT2D eigenvalue weighted by atomic mass is 9.99. The van der Waals surface area contributed by atoms with Crippen LogP contribution < -0.4 is 4.90 Å². The number of aryl methyl sites for hydroxylation is 1. The second-order valence-electron chi connectivity index (χ2n) is 6.62. The third-order valence-corrected chi connectivity index (χ3v) is 5.00. The van der Waals surface area contributed by atoms with Gasteiger partial charge in [-0.1, -0.05) is 61.4 Å². The Morgan fingerprint density at radius 1 is 0.926 bits per heavy atom. The molecule has 0 aromatic heterocycles. The van der Waals surface area contributed by atoms with Crippen molar-refractivity contribution >= 4 is 30.2 Å². The molecule has 0 saturated heterocycles. The lowest BCUT2D eigenvalue weighted by Gasteiger charge is -2.25. The molecule has 1 N–H and O–H groups in total. The van der Waals surface area contributed by atoms with Crippen LogP contribution in [0, 0.1) is 5.92 Å². The number of anilines is 1. The zero-order chi connectivity index (χ0) is 19.5. The van der Waals surface area contributed by atoms with Gasteiger partial charge in [0.2, 0.25) is 5.91 Å². The quantitative estimate of drug-likeness (QED) is 0.444. The number of hydrogen-bond acceptors (Lipinski definition) is 3. The molecular weight excluding hydrogens is 358 g/mol. The van der Waals surface area contributed by atoms with E-state index in [2.05, 4.69) is 24.8 Å². The van der Waals surface area contributed by atoms with Gasteiger partial charge in [0.05, 0.1) is 0 Å². The summed E-state index contributed by atoms with van der Waals surface area (Å²) in [5.41, 5.74) is 1.94. The molecule has 144 valence electrons. The van der Waals surface area contributed by atoms with Gasteiger partial charge in [-0.15, -0.1) is 0 Å². The first-order valence-electron chi connectivity index (χ1n) is 9.35. The zero-order valence-electron chi connectivity index (χ0n) is 15.5. The molecule has 0 aliphatic carbocycles. The fourth-order valence-electron chi connectivity index (χ4n) is 3.09. The summed E-state index contributed by atoms with van der Waals surface area (Å²) in [7, 11) is 0. The van der Waals surface area contributed by atoms with Gasteiger partial charge in [0.15, 0.2) is 0 Å². The van der Waals surface area contributed by atoms with E-state index in [4.69, 9.17) is 0 Å². The Morgan fingerprint density at radius 2 is 1.56 bits per heavy atom. The van der Waals surface area contributed by atoms with Gasteiger partial charge in [-0.25, -0.2) is 0 Å². The molecular formula is C22H27NO3S. The summed E-state index contributed by atoms with van der Waals surface area (Å²) in [5, 5.41) is 9.19. The van der Waals surface area contributed by atoms with Crippen molar-refractivity contribution in [2.24, 2.45) is 5.92 Å². The minimum atomic E-state index is -1.02. The molecule has 0 bridgehead atoms. The molecule has 4 nitrogen and oxygen atoms in total. The number of carbonyl (C=O) groups excluding carboxylic acids is 1. The fourth-order valence-corrected chi connectivity index (χ4v) is 3.43. The number of carboxylic acid groups (broad SMARTS) is 1. The van der Waals surface area contributed by atoms with Crippen LogP contribution in [0.15, 0.2) is 60.7 Å². The van der Waals surface area contributed by atoms with Crippen LogP contribution in [0.3, 0.4) is 0 Å². The number of nitrogens with zero attached hydrogens (tertiary/aromatic N) is 1. The summed E-state index contributed by atoms with van der Waals surface area (Å²) >= 11 is 4.34. The molecule has 0 unspecified atom stereocenters. The normalized spacial score (nSPS) is 11.7. The number of para-hydroxylation sites is 1. The summed E-state index contributed by atoms with van der Waals surface area (Å²) in [5.74, 6) is -1.04. The van der Waals surface area contributed by atoms with E-state index in [0.717, 1.165) is 32.1 Å². The maximum Gasteiger partial charge on any atom is 0.323 e. The predicted molar refractivity (Wildman–Crippen MR) is 112 cm³/mol. The average molecular weight is 386 g/mol. The molecule has 0 heterocycles. The topological polar surface area (TPSA) is 57.6 Å². The highest BCUT2D eigenvalue weighted by Crippen LogP contribution is 2.21. The van der Waals surface area contributed by atoms with Gasteiger partial charge in [0.1, 0.15) is 6.54 Å². The van der Waals surface area contributed by atoms with Crippen molar-refractivity contribution < 1.29 is 14.7 Å². The first-order chi connectivity index (χ1) is 13.1. The lowest BCUT2D eigenvalue weighted by molar-refractivity contribution is -0.137. The van der Waals surface area contributed by atoms with E-state index < -0.39 is 5.97 Å². The minimum Gasteiger partial charge on any atom is -0.480 e. The zero-order valence-corrected chi connectivity index (χ0v) is 16.4. The van der Waals surface area contributed by atoms with Gasteiger partial charge in [0, 0.05) is 17.4 Å². The van der Waals surface area contributed by atoms with E-state index in [1.54, 1.807) is 24.3 Å². The highest BCUT2D eigenvalue weighted by Gasteiger charge is 2.25. The Hall–Kier alpha value is -2.27. The Bertz CT molecular complexity index is 706. The summed E-state index contributed by atoms with van der Waals surface area (Å²) in [6.45, 7) is -0.332. The van der Waals surface area contributed by atoms with Gasteiger partial charge in [-0.2, -0.15) is 12.6 Å². The SMILES string of the molecule is O=C(O)CN(C(=O)[C@@H](CS)CCCCCc1ccccc1)c1ccccc1. The van der Waals surface area contributed by atoms with E-state index in [1.165, 1.54) is 10.5 Å². The Kier molecular flexibility index (Phi) is 8.92. The fraction of sp³-hybridized carbons (Fsp3) is 0.364. The Morgan fingerprint density at radius 3 is 2.15 bits per heavy atom. The number of thiol groups is 1. The van der Waals surface area contributed by atoms with Crippen LogP contribution in [-0.4, -0.2) is 29.3 Å². The molecule has 27 heavy (non-hydrogen) atoms. The Labute approximate surface area is 166 Å². The number of benzene rings is 2. The highest BCUT2D eigenvalue weighted by molar-refractivity contribution is 7.80. The van der Waals surface area contributed by atoms with Crippen molar-refractivity contribution in [2.45, 2.75) is 32.1 Å². The molecule has 0 aliphatic rings. The molecule has 0 radical (unpaired) electrons. The van der Waals surface area contributed by atoms with Crippen LogP contribution in [0.25, 0.3) is 0 Å². The van der Waals surface area contributed by atoms with E-state index in [-0.39, 0.29) is 18.4 Å². The molecule has 1 amide bonds. The van der Waals surface area contributed by atoms with Crippen molar-refractivity contribution in [1.29, 1.82) is 0 Å². The smallest absolute Gasteiger partial charge is 0.323 e. The molecule has 0 aliphatic heterocycles. The van der Waals surface area contributed by atoms with Crippen LogP contribution in [-0.2, 0) is 16.0 Å². The molecule has 2 aromatic carbocycles. The number of rotatable bonds is 11. The van der Waals surface area contributed by atoms with Crippen LogP contribution in [0.4, 0.5) is 5.69 Å². The number of aliphatic carboxylic acids is 1. The second-order valence-corrected chi connectivity index (χ2v) is 6.98. The van der Waals surface area contributed by atoms with Crippen molar-refractivity contribution in [3.05, 3.63) is 66.2 Å². The molecule has 2 aromatic rings. The first kappa shape index (κ1) is 21.0. The molecule has 0 saturated carbocycles. The van der Waals surface area contributed by atoms with Crippen molar-refractivity contribution in [1.82, 2.24) is 0 Å². The van der Waals surface area contributed by atoms with Gasteiger partial charge in [0.25, 0.3) is 0 Å². The van der Waals surface area contributed by atoms with E-state index >= 15 is 0 Å². The second kappa shape index (κ2) is 11.4. The van der Waals surface area contributed by atoms with Gasteiger partial charge >= 0.3 is 5.97 Å². The summed E-state index contributed by atoms with van der Waals surface area (Å²) in [6, 6.07) is 19.3. The van der Waals surface area contributed by atoms with Crippen LogP contribution in [0.1, 0.15) is 31.2 Å². The average Bonchev–Trinajstić information content (AvgIpc) is 2.70. The standard InChI is InChI=1S/C22H27NO3S/c24-21(25)16-23(20-14-8-3-9-15-20)22(26)19(17-27)13-7-2-6-12-18-10-4-1-5-11-18/h1,3-5,8-11,14-15,19,27H,2,6-7,12-13,16-17H2,(H,24,25)/t19-/m1/s1. The molecule has 1 atom stereocenters. The number of unbranched alkanes of at least 4 members (excludes halogenated alkanes) is 2. The number of carboxylic acids is 1. The number of carbonyl (C=O) groups is 2. The third-order valence-electron chi connectivity index (χ3n) is 4.56. The monoisotopic (exact) mass is 385 g/mol. The van der Waals surface area contributed by atoms with E-state index in [9.17, 15) is 14.7 Å². The minimum absolute atomic E-state index is 0.165. The largest absolute Gasteiger partial charge is 0.480 e. The molecule has 0 spiro atoms. The Balaban J connectivity index is 1.87. The van der Waals surface area contributed by atoms with E-state index in [0.29, 0.717) is 11.4 Å². The van der Waals surface area contributed by atoms with Crippen LogP contribution in [0.2, 0.25) is 0 Å². The predicted octanol–water partition coefficient (Wildman–Crippen LogP) is 4.45. The van der Waals surface area contributed by atoms with E-state index in [1.807, 2.05) is 24.3 Å². The summed E-state index contributed by atoms with van der Waals surface area (Å²) in [6.07, 6.45) is 4.81. The van der Waals surface area contributed by atoms with Crippen LogP contribution >= 0.6 is 12.6 Å². The van der Waals surface area contributed by atoms with Gasteiger partial charge in [-0.3, -0.25) is 9.59 Å². The maximum absolute atomic E-state index is 12.9. The first-order valence-corrected chi connectivity index (χ1v) is 9.98. The van der Waals surface area contributed by atoms with Crippen molar-refractivity contribution in [3.63, 3.8) is 0 Å². The molecule has 0 fully saturated rings. The van der Waals surface area contributed by atoms with Gasteiger partial charge < -0.3 is 10.0 Å². The van der Waals surface area contributed by atoms with Crippen molar-refractivity contribution in [3.8, 4) is 0 Å². The molecule has 5 heteroatoms. The molecule has 2 rings (SSSR count). The van der Waals surface area contributed by atoms with Crippen molar-refractivity contribution in [2.75, 3.05) is 17.2 Å². The lowest BCUT2D eigenvalue weighted by Crippen LogP contribution is -2.40. The summed E-state index contributed by atoms with van der Waals surface area (Å²) < 4.78 is 0. The summed E-state index contributed by atoms with van der Waals surface area (Å²) in [4.78, 5) is 25.5. The maximum atomic E-state index is 12.9. The van der Waals surface area contributed by atoms with Crippen LogP contribution in [0.5, 0.6) is 0 Å².